The van der Waals surface area contributed by atoms with Crippen molar-refractivity contribution in [3.05, 3.63) is 35.9 Å². The summed E-state index contributed by atoms with van der Waals surface area (Å²) in [6, 6.07) is 10.1. The first-order chi connectivity index (χ1) is 8.27. The molecule has 4 heteroatoms. The molecule has 1 aliphatic rings. The second-order valence-electron chi connectivity index (χ2n) is 4.14. The first kappa shape index (κ1) is 12.8. The van der Waals surface area contributed by atoms with Crippen molar-refractivity contribution in [3.8, 4) is 0 Å². The number of hydrogen-bond donors (Lipinski definition) is 1. The molecule has 1 fully saturated rings. The van der Waals surface area contributed by atoms with E-state index in [1.165, 1.54) is 5.56 Å². The van der Waals surface area contributed by atoms with Gasteiger partial charge < -0.3 is 4.90 Å². The Kier molecular flexibility index (Phi) is 4.80. The van der Waals surface area contributed by atoms with Crippen LogP contribution in [0.2, 0.25) is 0 Å². The molecule has 0 N–H and O–H groups in total. The summed E-state index contributed by atoms with van der Waals surface area (Å²) in [6.45, 7) is 1.74. The van der Waals surface area contributed by atoms with Crippen molar-refractivity contribution in [2.45, 2.75) is 11.7 Å². The second kappa shape index (κ2) is 6.36. The molecule has 0 spiro atoms. The van der Waals surface area contributed by atoms with Crippen LogP contribution in [0.15, 0.2) is 30.3 Å². The maximum absolute atomic E-state index is 12.1. The van der Waals surface area contributed by atoms with Crippen molar-refractivity contribution in [2.24, 2.45) is 0 Å². The topological polar surface area (TPSA) is 20.3 Å². The normalized spacial score (nSPS) is 17.8. The monoisotopic (exact) mass is 267 g/mol. The Balaban J connectivity index is 1.90. The van der Waals surface area contributed by atoms with Gasteiger partial charge in [-0.05, 0) is 12.0 Å². The molecule has 0 aliphatic carbocycles. The predicted octanol–water partition coefficient (Wildman–Crippen LogP) is 2.10. The first-order valence-electron chi connectivity index (χ1n) is 5.86. The fraction of sp³-hybridized carbons (Fsp3) is 0.462. The summed E-state index contributed by atoms with van der Waals surface area (Å²) in [4.78, 5) is 14.1. The zero-order valence-corrected chi connectivity index (χ0v) is 11.4. The molecule has 2 rings (SSSR count). The predicted molar refractivity (Wildman–Crippen MR) is 76.8 cm³/mol. The minimum absolute atomic E-state index is 0.178. The van der Waals surface area contributed by atoms with Crippen LogP contribution in [0.3, 0.4) is 0 Å². The molecule has 1 aliphatic heterocycles. The standard InChI is InChI=1S/C13H17NOS2/c15-13(14-6-8-17-9-7-14)12(16)10-11-4-2-1-3-5-11/h1-5,12,16H,6-10H2. The highest BCUT2D eigenvalue weighted by Gasteiger charge is 2.22. The van der Waals surface area contributed by atoms with E-state index < -0.39 is 0 Å². The van der Waals surface area contributed by atoms with Crippen LogP contribution >= 0.6 is 24.4 Å². The summed E-state index contributed by atoms with van der Waals surface area (Å²) in [7, 11) is 0. The number of amides is 1. The minimum Gasteiger partial charge on any atom is -0.340 e. The first-order valence-corrected chi connectivity index (χ1v) is 7.53. The fourth-order valence-corrected chi connectivity index (χ4v) is 3.20. The van der Waals surface area contributed by atoms with E-state index in [0.717, 1.165) is 24.6 Å². The van der Waals surface area contributed by atoms with Crippen LogP contribution in [0.1, 0.15) is 5.56 Å². The maximum Gasteiger partial charge on any atom is 0.235 e. The van der Waals surface area contributed by atoms with Gasteiger partial charge in [-0.15, -0.1) is 0 Å². The third-order valence-electron chi connectivity index (χ3n) is 2.88. The third kappa shape index (κ3) is 3.68. The summed E-state index contributed by atoms with van der Waals surface area (Å²) in [5.41, 5.74) is 1.17. The van der Waals surface area contributed by atoms with Crippen molar-refractivity contribution in [1.29, 1.82) is 0 Å². The molecule has 1 aromatic rings. The van der Waals surface area contributed by atoms with Gasteiger partial charge >= 0.3 is 0 Å². The Morgan fingerprint density at radius 3 is 2.59 bits per heavy atom. The summed E-state index contributed by atoms with van der Waals surface area (Å²) < 4.78 is 0. The number of benzene rings is 1. The van der Waals surface area contributed by atoms with E-state index in [0.29, 0.717) is 6.42 Å². The molecular formula is C13H17NOS2. The lowest BCUT2D eigenvalue weighted by atomic mass is 10.1. The number of thioether (sulfide) groups is 1. The Bertz CT molecular complexity index is 363. The van der Waals surface area contributed by atoms with E-state index in [1.54, 1.807) is 0 Å². The molecule has 1 unspecified atom stereocenters. The Morgan fingerprint density at radius 1 is 1.29 bits per heavy atom. The molecule has 0 aromatic heterocycles. The lowest BCUT2D eigenvalue weighted by molar-refractivity contribution is -0.130. The number of carbonyl (C=O) groups excluding carboxylic acids is 1. The highest BCUT2D eigenvalue weighted by Crippen LogP contribution is 2.15. The van der Waals surface area contributed by atoms with E-state index in [1.807, 2.05) is 47.0 Å². The molecule has 1 saturated heterocycles. The Labute approximate surface area is 112 Å². The third-order valence-corrected chi connectivity index (χ3v) is 4.23. The smallest absolute Gasteiger partial charge is 0.235 e. The summed E-state index contributed by atoms with van der Waals surface area (Å²) in [5, 5.41) is -0.208. The van der Waals surface area contributed by atoms with Gasteiger partial charge in [0.25, 0.3) is 0 Å². The van der Waals surface area contributed by atoms with Crippen LogP contribution in [0, 0.1) is 0 Å². The second-order valence-corrected chi connectivity index (χ2v) is 5.99. The number of nitrogens with zero attached hydrogens (tertiary/aromatic N) is 1. The van der Waals surface area contributed by atoms with Crippen LogP contribution in [0.4, 0.5) is 0 Å². The van der Waals surface area contributed by atoms with Gasteiger partial charge in [0.2, 0.25) is 5.91 Å². The van der Waals surface area contributed by atoms with Gasteiger partial charge in [-0.25, -0.2) is 0 Å². The number of hydrogen-bond acceptors (Lipinski definition) is 3. The molecular weight excluding hydrogens is 250 g/mol. The van der Waals surface area contributed by atoms with E-state index in [-0.39, 0.29) is 11.2 Å². The number of thiol groups is 1. The molecule has 1 aromatic carbocycles. The summed E-state index contributed by atoms with van der Waals surface area (Å²) in [5.74, 6) is 2.28. The van der Waals surface area contributed by atoms with Gasteiger partial charge in [0.05, 0.1) is 5.25 Å². The maximum atomic E-state index is 12.1. The number of rotatable bonds is 3. The molecule has 92 valence electrons. The Hall–Kier alpha value is -0.610. The van der Waals surface area contributed by atoms with E-state index >= 15 is 0 Å². The molecule has 1 heterocycles. The molecule has 0 radical (unpaired) electrons. The van der Waals surface area contributed by atoms with Crippen LogP contribution in [0.5, 0.6) is 0 Å². The molecule has 17 heavy (non-hydrogen) atoms. The summed E-state index contributed by atoms with van der Waals surface area (Å²) in [6.07, 6.45) is 0.715. The lowest BCUT2D eigenvalue weighted by Gasteiger charge is -2.28. The van der Waals surface area contributed by atoms with Crippen molar-refractivity contribution < 1.29 is 4.79 Å². The SMILES string of the molecule is O=C(C(S)Cc1ccccc1)N1CCSCC1. The van der Waals surface area contributed by atoms with Gasteiger partial charge in [-0.2, -0.15) is 24.4 Å². The van der Waals surface area contributed by atoms with Crippen LogP contribution in [-0.4, -0.2) is 40.7 Å². The lowest BCUT2D eigenvalue weighted by Crippen LogP contribution is -2.42. The highest BCUT2D eigenvalue weighted by atomic mass is 32.2. The minimum atomic E-state index is -0.208. The molecule has 0 saturated carbocycles. The van der Waals surface area contributed by atoms with Crippen LogP contribution < -0.4 is 0 Å². The Morgan fingerprint density at radius 2 is 1.94 bits per heavy atom. The van der Waals surface area contributed by atoms with Crippen molar-refractivity contribution in [1.82, 2.24) is 4.90 Å². The van der Waals surface area contributed by atoms with Gasteiger partial charge in [0.15, 0.2) is 0 Å². The van der Waals surface area contributed by atoms with Gasteiger partial charge in [-0.3, -0.25) is 4.79 Å². The fourth-order valence-electron chi connectivity index (χ4n) is 1.92. The number of carbonyl (C=O) groups is 1. The zero-order valence-electron chi connectivity index (χ0n) is 9.71. The van der Waals surface area contributed by atoms with E-state index in [2.05, 4.69) is 12.6 Å². The largest absolute Gasteiger partial charge is 0.340 e. The molecule has 0 bridgehead atoms. The highest BCUT2D eigenvalue weighted by molar-refractivity contribution is 7.99. The molecule has 1 amide bonds. The zero-order chi connectivity index (χ0) is 12.1. The summed E-state index contributed by atoms with van der Waals surface area (Å²) >= 11 is 6.36. The van der Waals surface area contributed by atoms with Gasteiger partial charge in [-0.1, -0.05) is 30.3 Å². The van der Waals surface area contributed by atoms with Crippen molar-refractivity contribution in [3.63, 3.8) is 0 Å². The van der Waals surface area contributed by atoms with E-state index in [4.69, 9.17) is 0 Å². The van der Waals surface area contributed by atoms with E-state index in [9.17, 15) is 4.79 Å². The average Bonchev–Trinajstić information content (AvgIpc) is 2.40. The van der Waals surface area contributed by atoms with Crippen molar-refractivity contribution >= 4 is 30.3 Å². The van der Waals surface area contributed by atoms with Crippen molar-refractivity contribution in [2.75, 3.05) is 24.6 Å². The van der Waals surface area contributed by atoms with Gasteiger partial charge in [0.1, 0.15) is 0 Å². The molecule has 1 atom stereocenters. The average molecular weight is 267 g/mol. The van der Waals surface area contributed by atoms with Crippen LogP contribution in [0.25, 0.3) is 0 Å². The molecule has 2 nitrogen and oxygen atoms in total. The quantitative estimate of drug-likeness (QED) is 0.847. The van der Waals surface area contributed by atoms with Gasteiger partial charge in [0, 0.05) is 24.6 Å². The van der Waals surface area contributed by atoms with Crippen LogP contribution in [-0.2, 0) is 11.2 Å².